The number of nitrogens with one attached hydrogen (secondary N) is 1. The van der Waals surface area contributed by atoms with E-state index in [1.807, 2.05) is 32.0 Å². The van der Waals surface area contributed by atoms with Crippen molar-refractivity contribution in [3.05, 3.63) is 84.2 Å². The van der Waals surface area contributed by atoms with Crippen molar-refractivity contribution in [1.82, 2.24) is 0 Å². The zero-order chi connectivity index (χ0) is 24.2. The van der Waals surface area contributed by atoms with Crippen molar-refractivity contribution >= 4 is 51.4 Å². The molecule has 0 bridgehead atoms. The van der Waals surface area contributed by atoms with E-state index < -0.39 is 4.92 Å². The van der Waals surface area contributed by atoms with Crippen molar-refractivity contribution in [2.75, 3.05) is 5.32 Å². The summed E-state index contributed by atoms with van der Waals surface area (Å²) in [5, 5.41) is 15.0. The van der Waals surface area contributed by atoms with Gasteiger partial charge in [0.1, 0.15) is 10.0 Å². The quantitative estimate of drug-likeness (QED) is 0.225. The number of rotatable bonds is 5. The number of hydrogen-bond acceptors (Lipinski definition) is 5. The Morgan fingerprint density at radius 2 is 1.88 bits per heavy atom. The molecule has 176 valence electrons. The summed E-state index contributed by atoms with van der Waals surface area (Å²) in [5.74, 6) is -0.166. The monoisotopic (exact) mass is 495 g/mol. The van der Waals surface area contributed by atoms with Crippen LogP contribution >= 0.6 is 22.9 Å². The van der Waals surface area contributed by atoms with Gasteiger partial charge < -0.3 is 5.32 Å². The predicted molar refractivity (Wildman–Crippen MR) is 139 cm³/mol. The van der Waals surface area contributed by atoms with E-state index in [4.69, 9.17) is 11.6 Å². The highest BCUT2D eigenvalue weighted by molar-refractivity contribution is 7.16. The second kappa shape index (κ2) is 10.5. The van der Waals surface area contributed by atoms with Crippen molar-refractivity contribution < 1.29 is 9.72 Å². The molecule has 2 aromatic carbocycles. The van der Waals surface area contributed by atoms with E-state index in [1.54, 1.807) is 23.6 Å². The van der Waals surface area contributed by atoms with Crippen LogP contribution < -0.4 is 5.32 Å². The highest BCUT2D eigenvalue weighted by atomic mass is 35.5. The van der Waals surface area contributed by atoms with Crippen LogP contribution in [0.3, 0.4) is 0 Å². The number of anilines is 1. The van der Waals surface area contributed by atoms with Gasteiger partial charge >= 0.3 is 0 Å². The third-order valence-electron chi connectivity index (χ3n) is 6.02. The SMILES string of the molecule is Cc1ccc(C)c(NC(=O)c2c(N=Cc3ccc(Cl)c([N+](=O)[O-])c3)sc3c2CCCCCC3)c1. The minimum atomic E-state index is -0.514. The van der Waals surface area contributed by atoms with Gasteiger partial charge in [-0.2, -0.15) is 0 Å². The van der Waals surface area contributed by atoms with Crippen molar-refractivity contribution in [3.8, 4) is 0 Å². The van der Waals surface area contributed by atoms with Crippen LogP contribution in [0.2, 0.25) is 5.02 Å². The molecule has 1 aliphatic carbocycles. The van der Waals surface area contributed by atoms with Crippen molar-refractivity contribution in [3.63, 3.8) is 0 Å². The van der Waals surface area contributed by atoms with E-state index in [2.05, 4.69) is 10.3 Å². The smallest absolute Gasteiger partial charge is 0.288 e. The van der Waals surface area contributed by atoms with E-state index in [9.17, 15) is 14.9 Å². The maximum Gasteiger partial charge on any atom is 0.288 e. The Balaban J connectivity index is 1.73. The van der Waals surface area contributed by atoms with Crippen LogP contribution in [0.1, 0.15) is 63.2 Å². The van der Waals surface area contributed by atoms with Gasteiger partial charge in [0.2, 0.25) is 0 Å². The molecule has 0 unspecified atom stereocenters. The summed E-state index contributed by atoms with van der Waals surface area (Å²) in [4.78, 5) is 30.1. The number of aryl methyl sites for hydroxylation is 3. The maximum absolute atomic E-state index is 13.5. The van der Waals surface area contributed by atoms with Crippen LogP contribution in [0.5, 0.6) is 0 Å². The molecule has 0 radical (unpaired) electrons. The minimum Gasteiger partial charge on any atom is -0.322 e. The van der Waals surface area contributed by atoms with Crippen molar-refractivity contribution in [1.29, 1.82) is 0 Å². The Labute approximate surface area is 207 Å². The predicted octanol–water partition coefficient (Wildman–Crippen LogP) is 7.59. The molecule has 0 saturated carbocycles. The van der Waals surface area contributed by atoms with Gasteiger partial charge in [0.05, 0.1) is 10.5 Å². The number of fused-ring (bicyclic) bond motifs is 1. The van der Waals surface area contributed by atoms with Crippen molar-refractivity contribution in [2.24, 2.45) is 4.99 Å². The summed E-state index contributed by atoms with van der Waals surface area (Å²) in [6.07, 6.45) is 7.83. The van der Waals surface area contributed by atoms with Gasteiger partial charge in [-0.1, -0.05) is 42.6 Å². The average molecular weight is 496 g/mol. The van der Waals surface area contributed by atoms with E-state index in [1.165, 1.54) is 23.4 Å². The summed E-state index contributed by atoms with van der Waals surface area (Å²) >= 11 is 7.48. The molecule has 1 N–H and O–H groups in total. The molecule has 1 heterocycles. The maximum atomic E-state index is 13.5. The van der Waals surface area contributed by atoms with Gasteiger partial charge in [-0.25, -0.2) is 4.99 Å². The number of halogens is 1. The van der Waals surface area contributed by atoms with E-state index in [0.29, 0.717) is 16.1 Å². The Morgan fingerprint density at radius 3 is 2.65 bits per heavy atom. The lowest BCUT2D eigenvalue weighted by Crippen LogP contribution is -2.15. The number of carbonyl (C=O) groups excluding carboxylic acids is 1. The van der Waals surface area contributed by atoms with E-state index in [-0.39, 0.29) is 16.6 Å². The number of benzene rings is 2. The Hall–Kier alpha value is -3.03. The molecule has 0 fully saturated rings. The molecule has 1 aromatic heterocycles. The highest BCUT2D eigenvalue weighted by Crippen LogP contribution is 2.39. The summed E-state index contributed by atoms with van der Waals surface area (Å²) < 4.78 is 0. The lowest BCUT2D eigenvalue weighted by Gasteiger charge is -2.13. The lowest BCUT2D eigenvalue weighted by atomic mass is 9.96. The molecule has 1 amide bonds. The normalized spacial score (nSPS) is 13.9. The molecule has 6 nitrogen and oxygen atoms in total. The second-order valence-electron chi connectivity index (χ2n) is 8.60. The summed E-state index contributed by atoms with van der Waals surface area (Å²) in [6.45, 7) is 3.97. The molecule has 0 aliphatic heterocycles. The topological polar surface area (TPSA) is 84.6 Å². The van der Waals surface area contributed by atoms with Crippen molar-refractivity contribution in [2.45, 2.75) is 52.4 Å². The van der Waals surface area contributed by atoms with Crippen LogP contribution in [-0.4, -0.2) is 17.0 Å². The van der Waals surface area contributed by atoms with Crippen LogP contribution in [0.4, 0.5) is 16.4 Å². The first-order valence-electron chi connectivity index (χ1n) is 11.3. The molecule has 3 aromatic rings. The van der Waals surface area contributed by atoms with E-state index >= 15 is 0 Å². The lowest BCUT2D eigenvalue weighted by molar-refractivity contribution is -0.384. The van der Waals surface area contributed by atoms with Crippen LogP contribution in [0.15, 0.2) is 41.4 Å². The van der Waals surface area contributed by atoms with Crippen LogP contribution in [0, 0.1) is 24.0 Å². The number of nitro benzene ring substituents is 1. The molecule has 0 atom stereocenters. The number of thiophene rings is 1. The van der Waals surface area contributed by atoms with Gasteiger partial charge in [0, 0.05) is 22.8 Å². The fourth-order valence-corrected chi connectivity index (χ4v) is 5.59. The fourth-order valence-electron chi connectivity index (χ4n) is 4.17. The number of aliphatic imine (C=N–C) groups is 1. The van der Waals surface area contributed by atoms with Gasteiger partial charge in [0.25, 0.3) is 11.6 Å². The Bertz CT molecular complexity index is 1280. The molecule has 0 saturated heterocycles. The summed E-state index contributed by atoms with van der Waals surface area (Å²) in [6, 6.07) is 10.5. The first-order valence-corrected chi connectivity index (χ1v) is 12.5. The average Bonchev–Trinajstić information content (AvgIpc) is 3.11. The molecule has 8 heteroatoms. The number of carbonyl (C=O) groups is 1. The van der Waals surface area contributed by atoms with Crippen LogP contribution in [0.25, 0.3) is 0 Å². The number of hydrogen-bond donors (Lipinski definition) is 1. The first-order chi connectivity index (χ1) is 16.3. The largest absolute Gasteiger partial charge is 0.322 e. The molecule has 34 heavy (non-hydrogen) atoms. The molecule has 4 rings (SSSR count). The number of amides is 1. The highest BCUT2D eigenvalue weighted by Gasteiger charge is 2.24. The number of nitrogens with zero attached hydrogens (tertiary/aromatic N) is 2. The molecular formula is C26H26ClN3O3S. The summed E-state index contributed by atoms with van der Waals surface area (Å²) in [7, 11) is 0. The third-order valence-corrected chi connectivity index (χ3v) is 7.54. The third kappa shape index (κ3) is 5.37. The fraction of sp³-hybridized carbons (Fsp3) is 0.308. The molecule has 0 spiro atoms. The zero-order valence-electron chi connectivity index (χ0n) is 19.2. The molecule has 1 aliphatic rings. The van der Waals surface area contributed by atoms with E-state index in [0.717, 1.165) is 54.5 Å². The zero-order valence-corrected chi connectivity index (χ0v) is 20.8. The Kier molecular flexibility index (Phi) is 7.44. The van der Waals surface area contributed by atoms with Gasteiger partial charge in [-0.15, -0.1) is 11.3 Å². The van der Waals surface area contributed by atoms with Gasteiger partial charge in [0.15, 0.2) is 0 Å². The van der Waals surface area contributed by atoms with Crippen LogP contribution in [-0.2, 0) is 12.8 Å². The second-order valence-corrected chi connectivity index (χ2v) is 10.1. The standard InChI is InChI=1S/C26H26ClN3O3S/c1-16-9-10-17(2)21(13-16)29-25(31)24-19-7-5-3-4-6-8-23(19)34-26(24)28-15-18-11-12-20(27)22(14-18)30(32)33/h9-15H,3-8H2,1-2H3,(H,29,31). The first kappa shape index (κ1) is 24.1. The molecular weight excluding hydrogens is 470 g/mol. The minimum absolute atomic E-state index is 0.0785. The Morgan fingerprint density at radius 1 is 1.12 bits per heavy atom. The number of nitro groups is 1. The van der Waals surface area contributed by atoms with Gasteiger partial charge in [-0.05, 0) is 73.9 Å². The summed E-state index contributed by atoms with van der Waals surface area (Å²) in [5.41, 5.74) is 4.94. The van der Waals surface area contributed by atoms with Gasteiger partial charge in [-0.3, -0.25) is 14.9 Å².